The molecular weight excluding hydrogens is 418 g/mol. The van der Waals surface area contributed by atoms with Crippen molar-refractivity contribution < 1.29 is 9.53 Å². The van der Waals surface area contributed by atoms with Crippen molar-refractivity contribution in [3.63, 3.8) is 0 Å². The smallest absolute Gasteiger partial charge is 0.306 e. The number of esters is 1. The first-order chi connectivity index (χ1) is 16.6. The molecule has 0 aromatic carbocycles. The lowest BCUT2D eigenvalue weighted by Gasteiger charge is -2.21. The van der Waals surface area contributed by atoms with Crippen LogP contribution in [0.3, 0.4) is 0 Å². The van der Waals surface area contributed by atoms with Crippen LogP contribution in [-0.2, 0) is 9.53 Å². The lowest BCUT2D eigenvalue weighted by atomic mass is 9.93. The highest BCUT2D eigenvalue weighted by Gasteiger charge is 2.10. The molecule has 0 aromatic rings. The summed E-state index contributed by atoms with van der Waals surface area (Å²) >= 11 is 0. The Kier molecular flexibility index (Phi) is 26.1. The summed E-state index contributed by atoms with van der Waals surface area (Å²) in [6.45, 7) is 6.21. The molecule has 34 heavy (non-hydrogen) atoms. The zero-order chi connectivity index (χ0) is 25.1. The van der Waals surface area contributed by atoms with Crippen molar-refractivity contribution in [3.05, 3.63) is 12.2 Å². The molecule has 0 spiro atoms. The second-order valence-electron chi connectivity index (χ2n) is 10.7. The minimum Gasteiger partial charge on any atom is -0.461 e. The highest BCUT2D eigenvalue weighted by molar-refractivity contribution is 5.69. The Morgan fingerprint density at radius 2 is 1.18 bits per heavy atom. The third-order valence-corrected chi connectivity index (χ3v) is 6.81. The molecule has 0 aliphatic heterocycles. The third-order valence-electron chi connectivity index (χ3n) is 6.81. The fourth-order valence-corrected chi connectivity index (χ4v) is 4.73. The van der Waals surface area contributed by atoms with E-state index in [1.54, 1.807) is 0 Å². The Bertz CT molecular complexity index is 447. The maximum atomic E-state index is 11.8. The fraction of sp³-hybridized carbons (Fsp3) is 0.903. The summed E-state index contributed by atoms with van der Waals surface area (Å²) in [6, 6.07) is 0. The van der Waals surface area contributed by atoms with Crippen LogP contribution in [0.25, 0.3) is 0 Å². The Morgan fingerprint density at radius 1 is 0.676 bits per heavy atom. The number of ether oxygens (including phenoxy) is 1. The summed E-state index contributed by atoms with van der Waals surface area (Å²) in [5.74, 6) is 0.832. The van der Waals surface area contributed by atoms with Gasteiger partial charge in [0, 0.05) is 13.0 Å². The van der Waals surface area contributed by atoms with Gasteiger partial charge in [-0.05, 0) is 52.1 Å². The van der Waals surface area contributed by atoms with E-state index >= 15 is 0 Å². The van der Waals surface area contributed by atoms with E-state index in [4.69, 9.17) is 4.74 Å². The van der Waals surface area contributed by atoms with Gasteiger partial charge in [0.25, 0.3) is 0 Å². The molecule has 0 heterocycles. The van der Waals surface area contributed by atoms with E-state index in [9.17, 15) is 4.79 Å². The third kappa shape index (κ3) is 25.8. The van der Waals surface area contributed by atoms with E-state index in [0.717, 1.165) is 25.2 Å². The SMILES string of the molecule is CCCCCC/C=C\COC(=O)CCCCCCCCC(CCCCCCCCC)CN(C)C. The zero-order valence-electron chi connectivity index (χ0n) is 23.8. The van der Waals surface area contributed by atoms with Crippen LogP contribution >= 0.6 is 0 Å². The average molecular weight is 480 g/mol. The standard InChI is InChI=1S/C31H61NO2/c1-5-7-9-11-13-17-21-25-30(29-32(3)4)26-22-18-14-15-19-23-27-31(33)34-28-24-20-16-12-10-8-6-2/h20,24,30H,5-19,21-23,25-29H2,1-4H3/b24-20-. The van der Waals surface area contributed by atoms with Gasteiger partial charge in [-0.25, -0.2) is 0 Å². The number of unbranched alkanes of at least 4 members (excludes halogenated alkanes) is 15. The molecule has 0 aromatic heterocycles. The van der Waals surface area contributed by atoms with Gasteiger partial charge < -0.3 is 9.64 Å². The van der Waals surface area contributed by atoms with Gasteiger partial charge in [0.1, 0.15) is 6.61 Å². The first-order valence-corrected chi connectivity index (χ1v) is 15.0. The minimum absolute atomic E-state index is 0.0347. The van der Waals surface area contributed by atoms with Crippen LogP contribution in [0, 0.1) is 5.92 Å². The average Bonchev–Trinajstić information content (AvgIpc) is 2.81. The lowest BCUT2D eigenvalue weighted by molar-refractivity contribution is -0.142. The van der Waals surface area contributed by atoms with Gasteiger partial charge in [0.2, 0.25) is 0 Å². The van der Waals surface area contributed by atoms with Gasteiger partial charge in [-0.2, -0.15) is 0 Å². The lowest BCUT2D eigenvalue weighted by Crippen LogP contribution is -2.21. The second-order valence-corrected chi connectivity index (χ2v) is 10.7. The van der Waals surface area contributed by atoms with Crippen molar-refractivity contribution in [2.24, 2.45) is 5.92 Å². The first-order valence-electron chi connectivity index (χ1n) is 15.0. The number of nitrogens with zero attached hydrogens (tertiary/aromatic N) is 1. The normalized spacial score (nSPS) is 12.6. The number of hydrogen-bond acceptors (Lipinski definition) is 3. The van der Waals surface area contributed by atoms with Gasteiger partial charge >= 0.3 is 5.97 Å². The minimum atomic E-state index is -0.0347. The predicted molar refractivity (Wildman–Crippen MR) is 150 cm³/mol. The molecule has 0 rings (SSSR count). The molecule has 1 unspecified atom stereocenters. The molecule has 0 radical (unpaired) electrons. The van der Waals surface area contributed by atoms with Gasteiger partial charge in [-0.1, -0.05) is 122 Å². The van der Waals surface area contributed by atoms with Crippen molar-refractivity contribution in [1.82, 2.24) is 4.90 Å². The molecular formula is C31H61NO2. The Morgan fingerprint density at radius 3 is 1.74 bits per heavy atom. The molecule has 3 heteroatoms. The van der Waals surface area contributed by atoms with Gasteiger partial charge in [-0.15, -0.1) is 0 Å². The van der Waals surface area contributed by atoms with E-state index in [2.05, 4.69) is 38.9 Å². The number of allylic oxidation sites excluding steroid dienone is 1. The van der Waals surface area contributed by atoms with E-state index in [-0.39, 0.29) is 5.97 Å². The van der Waals surface area contributed by atoms with Crippen LogP contribution in [0.1, 0.15) is 149 Å². The van der Waals surface area contributed by atoms with Crippen LogP contribution in [0.15, 0.2) is 12.2 Å². The van der Waals surface area contributed by atoms with Gasteiger partial charge in [0.05, 0.1) is 0 Å². The van der Waals surface area contributed by atoms with Crippen molar-refractivity contribution in [3.8, 4) is 0 Å². The monoisotopic (exact) mass is 479 g/mol. The quantitative estimate of drug-likeness (QED) is 0.0702. The maximum absolute atomic E-state index is 11.8. The summed E-state index contributed by atoms with van der Waals surface area (Å²) in [5.41, 5.74) is 0. The molecule has 0 N–H and O–H groups in total. The van der Waals surface area contributed by atoms with E-state index in [0.29, 0.717) is 13.0 Å². The number of hydrogen-bond donors (Lipinski definition) is 0. The zero-order valence-corrected chi connectivity index (χ0v) is 23.8. The highest BCUT2D eigenvalue weighted by Crippen LogP contribution is 2.20. The molecule has 3 nitrogen and oxygen atoms in total. The molecule has 0 amide bonds. The van der Waals surface area contributed by atoms with E-state index in [1.807, 2.05) is 6.08 Å². The molecule has 0 saturated carbocycles. The predicted octanol–water partition coefficient (Wildman–Crippen LogP) is 9.50. The number of carbonyl (C=O) groups is 1. The summed E-state index contributed by atoms with van der Waals surface area (Å²) < 4.78 is 5.31. The summed E-state index contributed by atoms with van der Waals surface area (Å²) in [4.78, 5) is 14.2. The second kappa shape index (κ2) is 26.8. The van der Waals surface area contributed by atoms with E-state index < -0.39 is 0 Å². The van der Waals surface area contributed by atoms with Crippen LogP contribution in [0.4, 0.5) is 0 Å². The number of rotatable bonds is 26. The summed E-state index contributed by atoms with van der Waals surface area (Å²) in [6.07, 6.45) is 31.0. The number of carbonyl (C=O) groups excluding carboxylic acids is 1. The molecule has 0 bridgehead atoms. The van der Waals surface area contributed by atoms with Crippen molar-refractivity contribution in [2.75, 3.05) is 27.2 Å². The van der Waals surface area contributed by atoms with Crippen LogP contribution in [0.5, 0.6) is 0 Å². The van der Waals surface area contributed by atoms with Crippen LogP contribution < -0.4 is 0 Å². The fourth-order valence-electron chi connectivity index (χ4n) is 4.73. The van der Waals surface area contributed by atoms with Crippen LogP contribution in [0.2, 0.25) is 0 Å². The highest BCUT2D eigenvalue weighted by atomic mass is 16.5. The van der Waals surface area contributed by atoms with Gasteiger partial charge in [0.15, 0.2) is 0 Å². The Hall–Kier alpha value is -0.830. The van der Waals surface area contributed by atoms with Crippen molar-refractivity contribution >= 4 is 5.97 Å². The summed E-state index contributed by atoms with van der Waals surface area (Å²) in [7, 11) is 4.43. The molecule has 0 fully saturated rings. The summed E-state index contributed by atoms with van der Waals surface area (Å²) in [5, 5.41) is 0. The maximum Gasteiger partial charge on any atom is 0.306 e. The van der Waals surface area contributed by atoms with Gasteiger partial charge in [-0.3, -0.25) is 4.79 Å². The molecule has 0 aliphatic rings. The molecule has 0 aliphatic carbocycles. The van der Waals surface area contributed by atoms with Crippen molar-refractivity contribution in [2.45, 2.75) is 149 Å². The molecule has 202 valence electrons. The topological polar surface area (TPSA) is 29.5 Å². The first kappa shape index (κ1) is 33.2. The van der Waals surface area contributed by atoms with E-state index in [1.165, 1.54) is 116 Å². The van der Waals surface area contributed by atoms with Crippen molar-refractivity contribution in [1.29, 1.82) is 0 Å². The van der Waals surface area contributed by atoms with Crippen LogP contribution in [-0.4, -0.2) is 38.1 Å². The molecule has 1 atom stereocenters. The Labute approximate surface area is 214 Å². The molecule has 0 saturated heterocycles. The Balaban J connectivity index is 3.61. The largest absolute Gasteiger partial charge is 0.461 e.